The van der Waals surface area contributed by atoms with Gasteiger partial charge in [0.05, 0.1) is 0 Å². The maximum Gasteiger partial charge on any atom is 0.306 e. The first-order chi connectivity index (χ1) is 23.1. The fraction of sp³-hybridized carbons (Fsp3) is 0.674. The summed E-state index contributed by atoms with van der Waals surface area (Å²) in [6, 6.07) is 0. The van der Waals surface area contributed by atoms with Crippen LogP contribution in [0.3, 0.4) is 0 Å². The van der Waals surface area contributed by atoms with E-state index < -0.39 is 5.97 Å². The van der Waals surface area contributed by atoms with Crippen LogP contribution in [-0.2, 0) is 14.3 Å². The first-order valence-corrected chi connectivity index (χ1v) is 19.4. The summed E-state index contributed by atoms with van der Waals surface area (Å²) < 4.78 is 5.84. The molecule has 1 N–H and O–H groups in total. The summed E-state index contributed by atoms with van der Waals surface area (Å²) in [6.07, 6.45) is 53.7. The zero-order valence-corrected chi connectivity index (χ0v) is 30.6. The number of esters is 1. The fourth-order valence-corrected chi connectivity index (χ4v) is 5.29. The van der Waals surface area contributed by atoms with E-state index in [0.29, 0.717) is 12.8 Å². The van der Waals surface area contributed by atoms with Gasteiger partial charge in [-0.05, 0) is 83.1 Å². The highest BCUT2D eigenvalue weighted by Crippen LogP contribution is 2.15. The van der Waals surface area contributed by atoms with E-state index in [0.717, 1.165) is 77.0 Å². The Morgan fingerprint density at radius 2 is 0.957 bits per heavy atom. The molecule has 0 aliphatic rings. The third-order valence-electron chi connectivity index (χ3n) is 8.15. The van der Waals surface area contributed by atoms with Crippen molar-refractivity contribution in [3.05, 3.63) is 72.9 Å². The molecule has 0 spiro atoms. The third kappa shape index (κ3) is 37.7. The lowest BCUT2D eigenvalue weighted by atomic mass is 10.0. The van der Waals surface area contributed by atoms with Crippen LogP contribution in [0.5, 0.6) is 0 Å². The Morgan fingerprint density at radius 3 is 1.51 bits per heavy atom. The van der Waals surface area contributed by atoms with Gasteiger partial charge >= 0.3 is 11.9 Å². The number of rotatable bonds is 34. The molecule has 0 aromatic carbocycles. The van der Waals surface area contributed by atoms with Gasteiger partial charge < -0.3 is 9.84 Å². The number of carbonyl (C=O) groups excluding carboxylic acids is 1. The molecule has 0 aromatic rings. The highest BCUT2D eigenvalue weighted by molar-refractivity contribution is 5.69. The Labute approximate surface area is 290 Å². The highest BCUT2D eigenvalue weighted by atomic mass is 16.5. The number of carbonyl (C=O) groups is 2. The van der Waals surface area contributed by atoms with Crippen LogP contribution in [0.15, 0.2) is 72.9 Å². The predicted molar refractivity (Wildman–Crippen MR) is 204 cm³/mol. The van der Waals surface area contributed by atoms with Gasteiger partial charge in [0.25, 0.3) is 0 Å². The SMILES string of the molecule is CC/C=C\C/C=C\C/C=C\C/C=C\CCCCCCCCCCCCC(=O)OC(/C=C\C/C=C\CCCC)CCCCCCC(=O)O. The minimum absolute atomic E-state index is 0.0886. The molecule has 0 heterocycles. The summed E-state index contributed by atoms with van der Waals surface area (Å²) in [6.45, 7) is 4.37. The molecule has 0 rings (SSSR count). The van der Waals surface area contributed by atoms with E-state index in [9.17, 15) is 9.59 Å². The standard InChI is InChI=1S/C43H72O4/c1-3-5-7-9-11-12-13-14-15-16-17-18-19-20-21-22-23-24-25-26-28-30-36-40-43(46)47-41(37-33-29-27-10-8-6-4-2)38-34-31-32-35-39-42(44)45/h5,7,10-12,14-15,17-18,27,33,37,41H,3-4,6,8-9,13,16,19-26,28-32,34-36,38-40H2,1-2H3,(H,44,45)/b7-5-,12-11-,15-14-,18-17-,27-10-,37-33-. The van der Waals surface area contributed by atoms with Crippen LogP contribution in [0, 0.1) is 0 Å². The maximum atomic E-state index is 12.5. The monoisotopic (exact) mass is 653 g/mol. The molecule has 0 bridgehead atoms. The van der Waals surface area contributed by atoms with Crippen LogP contribution in [0.1, 0.15) is 181 Å². The van der Waals surface area contributed by atoms with Crippen molar-refractivity contribution in [2.45, 2.75) is 187 Å². The number of aliphatic carboxylic acids is 1. The second-order valence-corrected chi connectivity index (χ2v) is 12.7. The van der Waals surface area contributed by atoms with Gasteiger partial charge in [0.2, 0.25) is 0 Å². The van der Waals surface area contributed by atoms with Gasteiger partial charge in [-0.1, -0.05) is 158 Å². The average Bonchev–Trinajstić information content (AvgIpc) is 3.05. The molecule has 1 unspecified atom stereocenters. The number of carboxylic acid groups (broad SMARTS) is 1. The summed E-state index contributed by atoms with van der Waals surface area (Å²) in [7, 11) is 0. The van der Waals surface area contributed by atoms with Crippen LogP contribution < -0.4 is 0 Å². The molecule has 0 fully saturated rings. The van der Waals surface area contributed by atoms with E-state index in [1.807, 2.05) is 6.08 Å². The number of hydrogen-bond acceptors (Lipinski definition) is 3. The molecule has 47 heavy (non-hydrogen) atoms. The van der Waals surface area contributed by atoms with Gasteiger partial charge in [-0.2, -0.15) is 0 Å². The number of unbranched alkanes of at least 4 members (excludes halogenated alkanes) is 15. The van der Waals surface area contributed by atoms with Crippen molar-refractivity contribution in [2.24, 2.45) is 0 Å². The van der Waals surface area contributed by atoms with Gasteiger partial charge in [-0.25, -0.2) is 0 Å². The predicted octanol–water partition coefficient (Wildman–Crippen LogP) is 13.5. The fourth-order valence-electron chi connectivity index (χ4n) is 5.29. The van der Waals surface area contributed by atoms with Gasteiger partial charge in [-0.3, -0.25) is 9.59 Å². The summed E-state index contributed by atoms with van der Waals surface area (Å²) in [4.78, 5) is 23.2. The molecule has 0 aliphatic heterocycles. The first kappa shape index (κ1) is 44.4. The Hall–Kier alpha value is -2.62. The summed E-state index contributed by atoms with van der Waals surface area (Å²) in [5.74, 6) is -0.819. The van der Waals surface area contributed by atoms with Gasteiger partial charge in [0, 0.05) is 12.8 Å². The second-order valence-electron chi connectivity index (χ2n) is 12.7. The van der Waals surface area contributed by atoms with Crippen molar-refractivity contribution in [3.63, 3.8) is 0 Å². The van der Waals surface area contributed by atoms with Gasteiger partial charge in [0.15, 0.2) is 0 Å². The zero-order valence-electron chi connectivity index (χ0n) is 30.6. The Morgan fingerprint density at radius 1 is 0.511 bits per heavy atom. The third-order valence-corrected chi connectivity index (χ3v) is 8.15. The lowest BCUT2D eigenvalue weighted by molar-refractivity contribution is -0.147. The molecule has 0 aliphatic carbocycles. The molecule has 0 radical (unpaired) electrons. The Bertz CT molecular complexity index is 876. The average molecular weight is 653 g/mol. The van der Waals surface area contributed by atoms with Crippen molar-refractivity contribution in [1.29, 1.82) is 0 Å². The van der Waals surface area contributed by atoms with E-state index in [4.69, 9.17) is 9.84 Å². The minimum atomic E-state index is -0.730. The van der Waals surface area contributed by atoms with Crippen LogP contribution in [0.25, 0.3) is 0 Å². The van der Waals surface area contributed by atoms with Crippen molar-refractivity contribution in [3.8, 4) is 0 Å². The van der Waals surface area contributed by atoms with Gasteiger partial charge in [0.1, 0.15) is 6.10 Å². The number of carboxylic acids is 1. The van der Waals surface area contributed by atoms with Crippen LogP contribution in [-0.4, -0.2) is 23.1 Å². The van der Waals surface area contributed by atoms with Crippen molar-refractivity contribution in [2.75, 3.05) is 0 Å². The molecule has 0 saturated heterocycles. The van der Waals surface area contributed by atoms with Gasteiger partial charge in [-0.15, -0.1) is 0 Å². The Balaban J connectivity index is 3.87. The molecule has 0 aromatic heterocycles. The van der Waals surface area contributed by atoms with E-state index in [-0.39, 0.29) is 18.5 Å². The Kier molecular flexibility index (Phi) is 35.7. The number of ether oxygens (including phenoxy) is 1. The van der Waals surface area contributed by atoms with Crippen molar-refractivity contribution >= 4 is 11.9 Å². The molecule has 0 amide bonds. The molecule has 1 atom stereocenters. The maximum absolute atomic E-state index is 12.5. The summed E-state index contributed by atoms with van der Waals surface area (Å²) in [5.41, 5.74) is 0. The highest BCUT2D eigenvalue weighted by Gasteiger charge is 2.11. The van der Waals surface area contributed by atoms with Crippen molar-refractivity contribution < 1.29 is 19.4 Å². The van der Waals surface area contributed by atoms with E-state index >= 15 is 0 Å². The lowest BCUT2D eigenvalue weighted by Gasteiger charge is -2.14. The largest absolute Gasteiger partial charge is 0.481 e. The topological polar surface area (TPSA) is 63.6 Å². The molecule has 4 heteroatoms. The second kappa shape index (κ2) is 37.8. The van der Waals surface area contributed by atoms with Crippen LogP contribution in [0.4, 0.5) is 0 Å². The minimum Gasteiger partial charge on any atom is -0.481 e. The number of allylic oxidation sites excluding steroid dienone is 11. The molecular formula is C43H72O4. The summed E-state index contributed by atoms with van der Waals surface area (Å²) in [5, 5.41) is 8.81. The molecular weight excluding hydrogens is 580 g/mol. The smallest absolute Gasteiger partial charge is 0.306 e. The van der Waals surface area contributed by atoms with Crippen LogP contribution in [0.2, 0.25) is 0 Å². The molecule has 268 valence electrons. The normalized spacial score (nSPS) is 13.1. The van der Waals surface area contributed by atoms with E-state index in [1.54, 1.807) is 0 Å². The quantitative estimate of drug-likeness (QED) is 0.0427. The first-order valence-electron chi connectivity index (χ1n) is 19.4. The molecule has 0 saturated carbocycles. The van der Waals surface area contributed by atoms with Crippen molar-refractivity contribution in [1.82, 2.24) is 0 Å². The van der Waals surface area contributed by atoms with E-state index in [1.165, 1.54) is 70.6 Å². The molecule has 4 nitrogen and oxygen atoms in total. The van der Waals surface area contributed by atoms with Crippen LogP contribution >= 0.6 is 0 Å². The van der Waals surface area contributed by atoms with E-state index in [2.05, 4.69) is 80.7 Å². The summed E-state index contributed by atoms with van der Waals surface area (Å²) >= 11 is 0. The lowest BCUT2D eigenvalue weighted by Crippen LogP contribution is -2.16. The number of hydrogen-bond donors (Lipinski definition) is 1. The zero-order chi connectivity index (χ0) is 34.3.